The molecule has 0 bridgehead atoms. The first-order valence-corrected chi connectivity index (χ1v) is 8.18. The van der Waals surface area contributed by atoms with Crippen molar-refractivity contribution in [2.45, 2.75) is 19.5 Å². The molecular weight excluding hydrogens is 332 g/mol. The molecule has 1 aromatic heterocycles. The number of para-hydroxylation sites is 1. The third-order valence-corrected chi connectivity index (χ3v) is 4.55. The van der Waals surface area contributed by atoms with Crippen LogP contribution in [0.25, 0.3) is 10.2 Å². The maximum Gasteiger partial charge on any atom is 0.315 e. The van der Waals surface area contributed by atoms with Crippen LogP contribution in [0, 0.1) is 11.6 Å². The molecule has 0 spiro atoms. The van der Waals surface area contributed by atoms with Crippen LogP contribution in [0.1, 0.15) is 23.5 Å². The minimum absolute atomic E-state index is 0.228. The van der Waals surface area contributed by atoms with Gasteiger partial charge in [-0.05, 0) is 25.1 Å². The zero-order valence-corrected chi connectivity index (χ0v) is 13.7. The summed E-state index contributed by atoms with van der Waals surface area (Å²) in [5, 5.41) is 6.10. The minimum Gasteiger partial charge on any atom is -0.332 e. The number of hydrogen-bond donors (Lipinski definition) is 2. The lowest BCUT2D eigenvalue weighted by Crippen LogP contribution is -2.36. The first-order valence-electron chi connectivity index (χ1n) is 7.36. The van der Waals surface area contributed by atoms with Crippen LogP contribution in [0.5, 0.6) is 0 Å². The van der Waals surface area contributed by atoms with Crippen LogP contribution in [-0.2, 0) is 6.54 Å². The SMILES string of the molecule is C[C@H](NC(=O)NCc1nc2ccccc2s1)c1ccc(F)cc1F. The number of carbonyl (C=O) groups excluding carboxylic acids is 1. The van der Waals surface area contributed by atoms with E-state index < -0.39 is 23.7 Å². The summed E-state index contributed by atoms with van der Waals surface area (Å²) < 4.78 is 27.7. The Morgan fingerprint density at radius 2 is 2.04 bits per heavy atom. The minimum atomic E-state index is -0.686. The van der Waals surface area contributed by atoms with Crippen LogP contribution in [0.15, 0.2) is 42.5 Å². The summed E-state index contributed by atoms with van der Waals surface area (Å²) in [5.41, 5.74) is 1.12. The van der Waals surface area contributed by atoms with E-state index in [4.69, 9.17) is 0 Å². The maximum absolute atomic E-state index is 13.7. The van der Waals surface area contributed by atoms with Crippen LogP contribution in [-0.4, -0.2) is 11.0 Å². The number of amides is 2. The Balaban J connectivity index is 1.58. The number of rotatable bonds is 4. The van der Waals surface area contributed by atoms with E-state index in [2.05, 4.69) is 15.6 Å². The quantitative estimate of drug-likeness (QED) is 0.745. The molecule has 24 heavy (non-hydrogen) atoms. The maximum atomic E-state index is 13.7. The molecule has 0 unspecified atom stereocenters. The van der Waals surface area contributed by atoms with Crippen molar-refractivity contribution in [1.29, 1.82) is 0 Å². The molecule has 0 saturated heterocycles. The highest BCUT2D eigenvalue weighted by Gasteiger charge is 2.14. The number of hydrogen-bond acceptors (Lipinski definition) is 3. The topological polar surface area (TPSA) is 54.0 Å². The summed E-state index contributed by atoms with van der Waals surface area (Å²) in [5.74, 6) is -1.34. The van der Waals surface area contributed by atoms with E-state index in [1.165, 1.54) is 17.4 Å². The molecule has 0 aliphatic heterocycles. The first kappa shape index (κ1) is 16.3. The van der Waals surface area contributed by atoms with Crippen LogP contribution >= 0.6 is 11.3 Å². The number of thiazole rings is 1. The van der Waals surface area contributed by atoms with Gasteiger partial charge in [0.2, 0.25) is 0 Å². The number of nitrogens with one attached hydrogen (secondary N) is 2. The van der Waals surface area contributed by atoms with E-state index in [-0.39, 0.29) is 12.1 Å². The van der Waals surface area contributed by atoms with Crippen molar-refractivity contribution in [3.63, 3.8) is 0 Å². The van der Waals surface area contributed by atoms with Crippen molar-refractivity contribution >= 4 is 27.6 Å². The van der Waals surface area contributed by atoms with Gasteiger partial charge in [-0.1, -0.05) is 18.2 Å². The molecule has 7 heteroatoms. The second-order valence-electron chi connectivity index (χ2n) is 5.29. The Bertz CT molecular complexity index is 848. The molecule has 0 radical (unpaired) electrons. The van der Waals surface area contributed by atoms with Gasteiger partial charge in [0.1, 0.15) is 16.6 Å². The van der Waals surface area contributed by atoms with Gasteiger partial charge >= 0.3 is 6.03 Å². The highest BCUT2D eigenvalue weighted by Crippen LogP contribution is 2.21. The van der Waals surface area contributed by atoms with E-state index in [1.54, 1.807) is 6.92 Å². The van der Waals surface area contributed by atoms with Crippen molar-refractivity contribution in [2.24, 2.45) is 0 Å². The largest absolute Gasteiger partial charge is 0.332 e. The second kappa shape index (κ2) is 6.92. The summed E-state index contributed by atoms with van der Waals surface area (Å²) in [6.07, 6.45) is 0. The molecule has 3 rings (SSSR count). The molecular formula is C17H15F2N3OS. The molecule has 2 amide bonds. The summed E-state index contributed by atoms with van der Waals surface area (Å²) in [6, 6.07) is 9.98. The van der Waals surface area contributed by atoms with Gasteiger partial charge in [0.05, 0.1) is 22.8 Å². The van der Waals surface area contributed by atoms with E-state index in [0.29, 0.717) is 0 Å². The Morgan fingerprint density at radius 3 is 2.79 bits per heavy atom. The highest BCUT2D eigenvalue weighted by molar-refractivity contribution is 7.18. The first-order chi connectivity index (χ1) is 11.5. The summed E-state index contributed by atoms with van der Waals surface area (Å²) in [4.78, 5) is 16.4. The molecule has 1 atom stereocenters. The van der Waals surface area contributed by atoms with E-state index in [1.807, 2.05) is 24.3 Å². The van der Waals surface area contributed by atoms with Gasteiger partial charge in [0, 0.05) is 11.6 Å². The molecule has 2 aromatic carbocycles. The number of carbonyl (C=O) groups is 1. The summed E-state index contributed by atoms with van der Waals surface area (Å²) >= 11 is 1.50. The summed E-state index contributed by atoms with van der Waals surface area (Å²) in [6.45, 7) is 1.91. The molecule has 4 nitrogen and oxygen atoms in total. The van der Waals surface area contributed by atoms with E-state index in [0.717, 1.165) is 27.4 Å². The van der Waals surface area contributed by atoms with E-state index >= 15 is 0 Å². The lowest BCUT2D eigenvalue weighted by Gasteiger charge is -2.15. The van der Waals surface area contributed by atoms with Crippen molar-refractivity contribution in [1.82, 2.24) is 15.6 Å². The molecule has 0 saturated carbocycles. The number of benzene rings is 2. The number of urea groups is 1. The van der Waals surface area contributed by atoms with Gasteiger partial charge < -0.3 is 10.6 Å². The standard InChI is InChI=1S/C17H15F2N3OS/c1-10(12-7-6-11(18)8-13(12)19)21-17(23)20-9-16-22-14-4-2-3-5-15(14)24-16/h2-8,10H,9H2,1H3,(H2,20,21,23)/t10-/m0/s1. The average molecular weight is 347 g/mol. The lowest BCUT2D eigenvalue weighted by atomic mass is 10.1. The van der Waals surface area contributed by atoms with Crippen LogP contribution in [0.4, 0.5) is 13.6 Å². The summed E-state index contributed by atoms with van der Waals surface area (Å²) in [7, 11) is 0. The molecule has 0 aliphatic carbocycles. The Hall–Kier alpha value is -2.54. The second-order valence-corrected chi connectivity index (χ2v) is 6.41. The van der Waals surface area contributed by atoms with Gasteiger partial charge in [-0.2, -0.15) is 0 Å². The lowest BCUT2D eigenvalue weighted by molar-refractivity contribution is 0.237. The van der Waals surface area contributed by atoms with Crippen molar-refractivity contribution in [2.75, 3.05) is 0 Å². The highest BCUT2D eigenvalue weighted by atomic mass is 32.1. The number of halogens is 2. The van der Waals surface area contributed by atoms with Crippen molar-refractivity contribution < 1.29 is 13.6 Å². The van der Waals surface area contributed by atoms with Crippen LogP contribution in [0.2, 0.25) is 0 Å². The molecule has 0 fully saturated rings. The van der Waals surface area contributed by atoms with Gasteiger partial charge in [-0.25, -0.2) is 18.6 Å². The monoisotopic (exact) mass is 347 g/mol. The number of aromatic nitrogens is 1. The van der Waals surface area contributed by atoms with E-state index in [9.17, 15) is 13.6 Å². The molecule has 2 N–H and O–H groups in total. The Labute approximate surface area is 141 Å². The molecule has 0 aliphatic rings. The predicted molar refractivity (Wildman–Crippen MR) is 89.8 cm³/mol. The zero-order chi connectivity index (χ0) is 17.1. The fourth-order valence-electron chi connectivity index (χ4n) is 2.33. The normalized spacial score (nSPS) is 12.1. The van der Waals surface area contributed by atoms with Gasteiger partial charge in [0.15, 0.2) is 0 Å². The molecule has 3 aromatic rings. The predicted octanol–water partition coefficient (Wildman–Crippen LogP) is 4.13. The van der Waals surface area contributed by atoms with Gasteiger partial charge in [-0.15, -0.1) is 11.3 Å². The third kappa shape index (κ3) is 3.68. The van der Waals surface area contributed by atoms with Crippen LogP contribution in [0.3, 0.4) is 0 Å². The van der Waals surface area contributed by atoms with Crippen LogP contribution < -0.4 is 10.6 Å². The van der Waals surface area contributed by atoms with Crippen molar-refractivity contribution in [3.05, 3.63) is 64.7 Å². The number of fused-ring (bicyclic) bond motifs is 1. The fraction of sp³-hybridized carbons (Fsp3) is 0.176. The Morgan fingerprint density at radius 1 is 1.25 bits per heavy atom. The average Bonchev–Trinajstić information content (AvgIpc) is 2.95. The van der Waals surface area contributed by atoms with Crippen molar-refractivity contribution in [3.8, 4) is 0 Å². The van der Waals surface area contributed by atoms with Gasteiger partial charge in [-0.3, -0.25) is 0 Å². The zero-order valence-electron chi connectivity index (χ0n) is 12.8. The molecule has 1 heterocycles. The molecule has 124 valence electrons. The third-order valence-electron chi connectivity index (χ3n) is 3.51. The number of nitrogens with zero attached hydrogens (tertiary/aromatic N) is 1. The fourth-order valence-corrected chi connectivity index (χ4v) is 3.24. The van der Waals surface area contributed by atoms with Gasteiger partial charge in [0.25, 0.3) is 0 Å². The smallest absolute Gasteiger partial charge is 0.315 e. The Kier molecular flexibility index (Phi) is 4.71.